The summed E-state index contributed by atoms with van der Waals surface area (Å²) >= 11 is 13.4. The minimum absolute atomic E-state index is 0.272. The molecule has 0 fully saturated rings. The number of nitrogens with zero attached hydrogens (tertiary/aromatic N) is 1. The van der Waals surface area contributed by atoms with E-state index in [1.54, 1.807) is 24.4 Å². The van der Waals surface area contributed by atoms with Crippen LogP contribution in [0.15, 0.2) is 24.4 Å². The van der Waals surface area contributed by atoms with E-state index in [1.807, 2.05) is 6.92 Å². The fourth-order valence-electron chi connectivity index (χ4n) is 1.40. The number of anilines is 1. The monoisotopic (exact) mass is 300 g/mol. The van der Waals surface area contributed by atoms with Gasteiger partial charge in [-0.05, 0) is 18.6 Å². The lowest BCUT2D eigenvalue weighted by atomic mass is 10.2. The third-order valence-electron chi connectivity index (χ3n) is 2.31. The highest BCUT2D eigenvalue weighted by molar-refractivity contribution is 7.15. The lowest BCUT2D eigenvalue weighted by molar-refractivity contribution is 0.102. The Bertz CT molecular complexity index is 563. The Labute approximate surface area is 119 Å². The van der Waals surface area contributed by atoms with Crippen LogP contribution in [0.25, 0.3) is 0 Å². The van der Waals surface area contributed by atoms with Crippen molar-refractivity contribution in [1.29, 1.82) is 0 Å². The quantitative estimate of drug-likeness (QED) is 0.920. The van der Waals surface area contributed by atoms with Crippen molar-refractivity contribution in [2.45, 2.75) is 13.3 Å². The minimum atomic E-state index is -0.345. The van der Waals surface area contributed by atoms with E-state index in [9.17, 15) is 4.79 Å². The number of hydrogen-bond donors (Lipinski definition) is 1. The molecule has 18 heavy (non-hydrogen) atoms. The number of amides is 1. The predicted octanol–water partition coefficient (Wildman–Crippen LogP) is 4.26. The fraction of sp³-hybridized carbons (Fsp3) is 0.167. The lowest BCUT2D eigenvalue weighted by Gasteiger charge is -2.05. The molecule has 0 spiro atoms. The van der Waals surface area contributed by atoms with E-state index in [1.165, 1.54) is 11.3 Å². The normalized spacial score (nSPS) is 10.4. The second-order valence-corrected chi connectivity index (χ2v) is 5.47. The van der Waals surface area contributed by atoms with Crippen LogP contribution < -0.4 is 5.32 Å². The molecule has 1 aromatic carbocycles. The second kappa shape index (κ2) is 5.69. The van der Waals surface area contributed by atoms with Gasteiger partial charge in [0.1, 0.15) is 0 Å². The number of nitrogens with one attached hydrogen (secondary N) is 1. The first kappa shape index (κ1) is 13.3. The average Bonchev–Trinajstić information content (AvgIpc) is 2.76. The first-order chi connectivity index (χ1) is 8.61. The van der Waals surface area contributed by atoms with E-state index < -0.39 is 0 Å². The van der Waals surface area contributed by atoms with Crippen LogP contribution in [0.1, 0.15) is 22.2 Å². The summed E-state index contributed by atoms with van der Waals surface area (Å²) in [5, 5.41) is 3.90. The Balaban J connectivity index is 2.22. The van der Waals surface area contributed by atoms with E-state index in [-0.39, 0.29) is 11.5 Å². The summed E-state index contributed by atoms with van der Waals surface area (Å²) in [5.41, 5.74) is 0.272. The average molecular weight is 301 g/mol. The maximum absolute atomic E-state index is 12.0. The highest BCUT2D eigenvalue weighted by Gasteiger charge is 2.15. The third kappa shape index (κ3) is 2.83. The molecule has 3 nitrogen and oxygen atoms in total. The van der Waals surface area contributed by atoms with Gasteiger partial charge in [0.25, 0.3) is 5.91 Å². The Morgan fingerprint density at radius 3 is 2.61 bits per heavy atom. The van der Waals surface area contributed by atoms with Gasteiger partial charge >= 0.3 is 0 Å². The first-order valence-electron chi connectivity index (χ1n) is 5.32. The number of aromatic nitrogens is 1. The van der Waals surface area contributed by atoms with Crippen LogP contribution in [0.2, 0.25) is 10.0 Å². The van der Waals surface area contributed by atoms with Crippen molar-refractivity contribution in [3.05, 3.63) is 44.9 Å². The van der Waals surface area contributed by atoms with E-state index in [0.29, 0.717) is 15.2 Å². The molecule has 0 bridgehead atoms. The molecular formula is C12H10Cl2N2OS. The molecule has 0 saturated heterocycles. The summed E-state index contributed by atoms with van der Waals surface area (Å²) in [4.78, 5) is 17.3. The van der Waals surface area contributed by atoms with Gasteiger partial charge in [0.15, 0.2) is 5.13 Å². The number of aryl methyl sites for hydroxylation is 1. The van der Waals surface area contributed by atoms with Crippen LogP contribution in [0.4, 0.5) is 5.13 Å². The van der Waals surface area contributed by atoms with Crippen LogP contribution in [0.5, 0.6) is 0 Å². The largest absolute Gasteiger partial charge is 0.298 e. The minimum Gasteiger partial charge on any atom is -0.298 e. The SMILES string of the molecule is CCc1cnc(NC(=O)c2c(Cl)cccc2Cl)s1. The summed E-state index contributed by atoms with van der Waals surface area (Å²) < 4.78 is 0. The van der Waals surface area contributed by atoms with Crippen LogP contribution in [0.3, 0.4) is 0 Å². The molecule has 0 aliphatic heterocycles. The van der Waals surface area contributed by atoms with Crippen molar-refractivity contribution in [3.63, 3.8) is 0 Å². The van der Waals surface area contributed by atoms with E-state index >= 15 is 0 Å². The highest BCUT2D eigenvalue weighted by atomic mass is 35.5. The van der Waals surface area contributed by atoms with Crippen LogP contribution in [-0.4, -0.2) is 10.9 Å². The summed E-state index contributed by atoms with van der Waals surface area (Å²) in [5.74, 6) is -0.345. The van der Waals surface area contributed by atoms with Gasteiger partial charge in [-0.15, -0.1) is 11.3 Å². The number of carbonyl (C=O) groups excluding carboxylic acids is 1. The number of rotatable bonds is 3. The summed E-state index contributed by atoms with van der Waals surface area (Å²) in [7, 11) is 0. The van der Waals surface area contributed by atoms with Crippen molar-refractivity contribution in [3.8, 4) is 0 Å². The maximum Gasteiger partial charge on any atom is 0.260 e. The van der Waals surface area contributed by atoms with Gasteiger partial charge in [-0.3, -0.25) is 10.1 Å². The fourth-order valence-corrected chi connectivity index (χ4v) is 2.72. The zero-order valence-corrected chi connectivity index (χ0v) is 11.9. The van der Waals surface area contributed by atoms with Crippen molar-refractivity contribution < 1.29 is 4.79 Å². The zero-order chi connectivity index (χ0) is 13.1. The van der Waals surface area contributed by atoms with Gasteiger partial charge in [-0.25, -0.2) is 4.98 Å². The Kier molecular flexibility index (Phi) is 4.22. The third-order valence-corrected chi connectivity index (χ3v) is 4.00. The van der Waals surface area contributed by atoms with Gasteiger partial charge in [-0.1, -0.05) is 36.2 Å². The molecule has 2 aromatic rings. The van der Waals surface area contributed by atoms with Gasteiger partial charge in [-0.2, -0.15) is 0 Å². The molecule has 1 heterocycles. The Hall–Kier alpha value is -1.10. The molecule has 1 amide bonds. The van der Waals surface area contributed by atoms with Gasteiger partial charge in [0.05, 0.1) is 15.6 Å². The van der Waals surface area contributed by atoms with Gasteiger partial charge < -0.3 is 0 Å². The first-order valence-corrected chi connectivity index (χ1v) is 6.89. The molecule has 0 aliphatic rings. The molecular weight excluding hydrogens is 291 g/mol. The molecule has 0 saturated carbocycles. The van der Waals surface area contributed by atoms with Crippen molar-refractivity contribution in [2.75, 3.05) is 5.32 Å². The standard InChI is InChI=1S/C12H10Cl2N2OS/c1-2-7-6-15-12(18-7)16-11(17)10-8(13)4-3-5-9(10)14/h3-6H,2H2,1H3,(H,15,16,17). The Morgan fingerprint density at radius 2 is 2.06 bits per heavy atom. The molecule has 6 heteroatoms. The van der Waals surface area contributed by atoms with Gasteiger partial charge in [0.2, 0.25) is 0 Å². The molecule has 94 valence electrons. The van der Waals surface area contributed by atoms with Crippen LogP contribution in [-0.2, 0) is 6.42 Å². The van der Waals surface area contributed by atoms with E-state index in [2.05, 4.69) is 10.3 Å². The molecule has 1 aromatic heterocycles. The highest BCUT2D eigenvalue weighted by Crippen LogP contribution is 2.26. The van der Waals surface area contributed by atoms with E-state index in [4.69, 9.17) is 23.2 Å². The molecule has 0 aliphatic carbocycles. The second-order valence-electron chi connectivity index (χ2n) is 3.54. The summed E-state index contributed by atoms with van der Waals surface area (Å²) in [6.45, 7) is 2.03. The van der Waals surface area contributed by atoms with Crippen LogP contribution >= 0.6 is 34.5 Å². The molecule has 0 radical (unpaired) electrons. The lowest BCUT2D eigenvalue weighted by Crippen LogP contribution is -2.12. The number of halogens is 2. The molecule has 1 N–H and O–H groups in total. The molecule has 2 rings (SSSR count). The van der Waals surface area contributed by atoms with Crippen molar-refractivity contribution in [1.82, 2.24) is 4.98 Å². The Morgan fingerprint density at radius 1 is 1.39 bits per heavy atom. The number of benzene rings is 1. The van der Waals surface area contributed by atoms with E-state index in [0.717, 1.165) is 11.3 Å². The van der Waals surface area contributed by atoms with Crippen molar-refractivity contribution >= 4 is 45.6 Å². The summed E-state index contributed by atoms with van der Waals surface area (Å²) in [6, 6.07) is 4.95. The molecule has 0 unspecified atom stereocenters. The maximum atomic E-state index is 12.0. The van der Waals surface area contributed by atoms with Gasteiger partial charge in [0, 0.05) is 11.1 Å². The van der Waals surface area contributed by atoms with Crippen molar-refractivity contribution in [2.24, 2.45) is 0 Å². The zero-order valence-electron chi connectivity index (χ0n) is 9.54. The predicted molar refractivity (Wildman–Crippen MR) is 75.9 cm³/mol. The smallest absolute Gasteiger partial charge is 0.260 e. The summed E-state index contributed by atoms with van der Waals surface area (Å²) in [6.07, 6.45) is 2.63. The number of hydrogen-bond acceptors (Lipinski definition) is 3. The molecule has 0 atom stereocenters. The number of thiazole rings is 1. The number of carbonyl (C=O) groups is 1. The topological polar surface area (TPSA) is 42.0 Å². The van der Waals surface area contributed by atoms with Crippen LogP contribution in [0, 0.1) is 0 Å².